The van der Waals surface area contributed by atoms with E-state index in [1.807, 2.05) is 41.3 Å². The molecule has 2 amide bonds. The Morgan fingerprint density at radius 3 is 2.68 bits per heavy atom. The molecule has 0 radical (unpaired) electrons. The van der Waals surface area contributed by atoms with Gasteiger partial charge in [-0.05, 0) is 69.9 Å². The number of urea groups is 1. The number of carbonyl (C=O) groups excluding carboxylic acids is 1. The van der Waals surface area contributed by atoms with Crippen molar-refractivity contribution in [1.82, 2.24) is 20.4 Å². The molecule has 2 unspecified atom stereocenters. The highest BCUT2D eigenvalue weighted by molar-refractivity contribution is 6.30. The van der Waals surface area contributed by atoms with Crippen LogP contribution >= 0.6 is 11.6 Å². The highest BCUT2D eigenvalue weighted by Gasteiger charge is 2.57. The Hall–Kier alpha value is -2.02. The lowest BCUT2D eigenvalue weighted by Crippen LogP contribution is -2.72. The molecule has 0 saturated carbocycles. The number of furan rings is 1. The fraction of sp³-hybridized carbons (Fsp3) is 0.476. The summed E-state index contributed by atoms with van der Waals surface area (Å²) in [5.74, 6) is 1.88. The Labute approximate surface area is 170 Å². The van der Waals surface area contributed by atoms with Gasteiger partial charge < -0.3 is 19.5 Å². The Morgan fingerprint density at radius 2 is 2.00 bits per heavy atom. The van der Waals surface area contributed by atoms with Crippen LogP contribution in [0.2, 0.25) is 5.02 Å². The summed E-state index contributed by atoms with van der Waals surface area (Å²) >= 11 is 5.98. The zero-order chi connectivity index (χ0) is 19.7. The van der Waals surface area contributed by atoms with Crippen LogP contribution in [0.4, 0.5) is 4.79 Å². The lowest BCUT2D eigenvalue weighted by Gasteiger charge is -2.51. The fourth-order valence-corrected chi connectivity index (χ4v) is 4.26. The number of nitrogens with one attached hydrogen (secondary N) is 2. The third-order valence-electron chi connectivity index (χ3n) is 5.76. The zero-order valence-corrected chi connectivity index (χ0v) is 17.1. The Morgan fingerprint density at radius 1 is 1.21 bits per heavy atom. The molecule has 1 aromatic heterocycles. The first-order chi connectivity index (χ1) is 13.5. The normalized spacial score (nSPS) is 24.1. The van der Waals surface area contributed by atoms with Crippen LogP contribution in [0.25, 0.3) is 11.3 Å². The maximum Gasteiger partial charge on any atom is 0.319 e. The van der Waals surface area contributed by atoms with Crippen molar-refractivity contribution in [2.45, 2.75) is 24.4 Å². The van der Waals surface area contributed by atoms with Crippen LogP contribution in [0.5, 0.6) is 0 Å². The summed E-state index contributed by atoms with van der Waals surface area (Å²) in [5.41, 5.74) is 0.614. The molecule has 150 valence electrons. The molecule has 6 nitrogen and oxygen atoms in total. The number of hydrogen-bond acceptors (Lipinski definition) is 4. The van der Waals surface area contributed by atoms with Crippen molar-refractivity contribution in [3.05, 3.63) is 47.2 Å². The van der Waals surface area contributed by atoms with E-state index in [-0.39, 0.29) is 17.6 Å². The van der Waals surface area contributed by atoms with E-state index in [1.54, 1.807) is 0 Å². The number of hydrogen-bond donors (Lipinski definition) is 2. The third-order valence-corrected chi connectivity index (χ3v) is 6.01. The molecule has 2 aliphatic heterocycles. The van der Waals surface area contributed by atoms with Crippen LogP contribution in [0.3, 0.4) is 0 Å². The zero-order valence-electron chi connectivity index (χ0n) is 16.4. The smallest absolute Gasteiger partial charge is 0.319 e. The van der Waals surface area contributed by atoms with E-state index in [1.165, 1.54) is 0 Å². The van der Waals surface area contributed by atoms with Gasteiger partial charge in [0.05, 0.1) is 12.5 Å². The van der Waals surface area contributed by atoms with E-state index in [9.17, 15) is 4.79 Å². The van der Waals surface area contributed by atoms with Crippen molar-refractivity contribution in [2.75, 3.05) is 40.3 Å². The second-order valence-electron chi connectivity index (χ2n) is 7.89. The standard InChI is InChI=1S/C21H27ClN4O2/c1-25(2)11-3-4-12-26-20(27)23-14-21(26)17(13-24-21)19-10-9-18(28-19)15-5-7-16(22)8-6-15/h5-10,17,24H,3-4,11-14H2,1-2H3,(H,23,27). The third kappa shape index (κ3) is 3.52. The van der Waals surface area contributed by atoms with Crippen LogP contribution in [0.15, 0.2) is 40.8 Å². The predicted molar refractivity (Wildman–Crippen MR) is 111 cm³/mol. The molecule has 2 N–H and O–H groups in total. The lowest BCUT2D eigenvalue weighted by molar-refractivity contribution is 0.0272. The molecule has 7 heteroatoms. The van der Waals surface area contributed by atoms with Crippen LogP contribution in [-0.4, -0.2) is 61.8 Å². The van der Waals surface area contributed by atoms with Gasteiger partial charge in [0, 0.05) is 23.7 Å². The highest BCUT2D eigenvalue weighted by Crippen LogP contribution is 2.42. The van der Waals surface area contributed by atoms with Crippen molar-refractivity contribution in [3.8, 4) is 11.3 Å². The van der Waals surface area contributed by atoms with Gasteiger partial charge in [-0.3, -0.25) is 5.32 Å². The Kier molecular flexibility index (Phi) is 5.36. The minimum Gasteiger partial charge on any atom is -0.461 e. The van der Waals surface area contributed by atoms with Gasteiger partial charge in [0.15, 0.2) is 0 Å². The van der Waals surface area contributed by atoms with Crippen molar-refractivity contribution in [1.29, 1.82) is 0 Å². The lowest BCUT2D eigenvalue weighted by atomic mass is 9.81. The number of rotatable bonds is 7. The maximum absolute atomic E-state index is 12.5. The molecular weight excluding hydrogens is 376 g/mol. The molecule has 2 fully saturated rings. The van der Waals surface area contributed by atoms with Gasteiger partial charge in [0.1, 0.15) is 17.2 Å². The average Bonchev–Trinajstić information content (AvgIpc) is 3.25. The SMILES string of the molecule is CN(C)CCCCN1C(=O)NCC12NCC2c1ccc(-c2ccc(Cl)cc2)o1. The van der Waals surface area contributed by atoms with Gasteiger partial charge in [-0.15, -0.1) is 0 Å². The summed E-state index contributed by atoms with van der Waals surface area (Å²) < 4.78 is 6.19. The summed E-state index contributed by atoms with van der Waals surface area (Å²) in [4.78, 5) is 16.6. The second-order valence-corrected chi connectivity index (χ2v) is 8.32. The van der Waals surface area contributed by atoms with Crippen molar-refractivity contribution in [3.63, 3.8) is 0 Å². The van der Waals surface area contributed by atoms with Crippen molar-refractivity contribution < 1.29 is 9.21 Å². The van der Waals surface area contributed by atoms with Crippen molar-refractivity contribution >= 4 is 17.6 Å². The maximum atomic E-state index is 12.5. The molecule has 4 rings (SSSR count). The number of amides is 2. The van der Waals surface area contributed by atoms with Crippen molar-refractivity contribution in [2.24, 2.45) is 0 Å². The molecule has 28 heavy (non-hydrogen) atoms. The second kappa shape index (κ2) is 7.78. The first-order valence-electron chi connectivity index (χ1n) is 9.80. The topological polar surface area (TPSA) is 60.8 Å². The van der Waals surface area contributed by atoms with Crippen LogP contribution in [0, 0.1) is 0 Å². The summed E-state index contributed by atoms with van der Waals surface area (Å²) in [7, 11) is 4.14. The average molecular weight is 403 g/mol. The van der Waals surface area contributed by atoms with E-state index in [0.29, 0.717) is 11.6 Å². The molecule has 1 aromatic carbocycles. The predicted octanol–water partition coefficient (Wildman–Crippen LogP) is 3.35. The van der Waals surface area contributed by atoms with E-state index in [0.717, 1.165) is 49.6 Å². The quantitative estimate of drug-likeness (QED) is 0.697. The van der Waals surface area contributed by atoms with Gasteiger partial charge >= 0.3 is 6.03 Å². The molecule has 2 aromatic rings. The molecule has 1 spiro atoms. The van der Waals surface area contributed by atoms with Gasteiger partial charge in [0.2, 0.25) is 0 Å². The minimum absolute atomic E-state index is 0.00605. The highest BCUT2D eigenvalue weighted by atomic mass is 35.5. The number of benzene rings is 1. The van der Waals surface area contributed by atoms with Gasteiger partial charge in [-0.25, -0.2) is 4.79 Å². The monoisotopic (exact) mass is 402 g/mol. The molecular formula is C21H27ClN4O2. The fourth-order valence-electron chi connectivity index (χ4n) is 4.14. The Balaban J connectivity index is 1.48. The summed E-state index contributed by atoms with van der Waals surface area (Å²) in [5, 5.41) is 7.23. The largest absolute Gasteiger partial charge is 0.461 e. The van der Waals surface area contributed by atoms with Crippen LogP contribution in [-0.2, 0) is 0 Å². The number of nitrogens with zero attached hydrogens (tertiary/aromatic N) is 2. The molecule has 2 atom stereocenters. The first kappa shape index (κ1) is 19.3. The summed E-state index contributed by atoms with van der Waals surface area (Å²) in [6.07, 6.45) is 2.05. The van der Waals surface area contributed by atoms with Gasteiger partial charge in [-0.1, -0.05) is 11.6 Å². The Bertz CT molecular complexity index is 835. The minimum atomic E-state index is -0.385. The number of carbonyl (C=O) groups is 1. The first-order valence-corrected chi connectivity index (χ1v) is 10.2. The van der Waals surface area contributed by atoms with Crippen LogP contribution < -0.4 is 10.6 Å². The number of unbranched alkanes of at least 4 members (excludes halogenated alkanes) is 1. The molecule has 0 bridgehead atoms. The van der Waals surface area contributed by atoms with Gasteiger partial charge in [0.25, 0.3) is 0 Å². The number of halogens is 1. The molecule has 2 saturated heterocycles. The molecule has 0 aliphatic carbocycles. The van der Waals surface area contributed by atoms with Gasteiger partial charge in [-0.2, -0.15) is 0 Å². The summed E-state index contributed by atoms with van der Waals surface area (Å²) in [6.45, 7) is 3.17. The van der Waals surface area contributed by atoms with E-state index in [2.05, 4.69) is 29.6 Å². The van der Waals surface area contributed by atoms with E-state index >= 15 is 0 Å². The summed E-state index contributed by atoms with van der Waals surface area (Å²) in [6, 6.07) is 11.7. The molecule has 2 aliphatic rings. The molecule has 3 heterocycles. The van der Waals surface area contributed by atoms with E-state index < -0.39 is 0 Å². The van der Waals surface area contributed by atoms with E-state index in [4.69, 9.17) is 16.0 Å². The van der Waals surface area contributed by atoms with Crippen LogP contribution in [0.1, 0.15) is 24.5 Å².